The number of fused-ring (bicyclic) bond motifs is 1. The number of amides is 1. The first kappa shape index (κ1) is 18.6. The average molecular weight is 365 g/mol. The smallest absolute Gasteiger partial charge is 0.293 e. The molecule has 2 aliphatic rings. The third-order valence-corrected chi connectivity index (χ3v) is 4.56. The van der Waals surface area contributed by atoms with Crippen molar-refractivity contribution in [2.45, 2.75) is 51.0 Å². The van der Waals surface area contributed by atoms with E-state index in [-0.39, 0.29) is 41.6 Å². The first-order valence-corrected chi connectivity index (χ1v) is 8.47. The molecule has 0 radical (unpaired) electrons. The van der Waals surface area contributed by atoms with Crippen LogP contribution in [-0.4, -0.2) is 54.6 Å². The Bertz CT molecular complexity index is 722. The number of benzene rings is 1. The van der Waals surface area contributed by atoms with Crippen LogP contribution in [0.15, 0.2) is 18.2 Å². The van der Waals surface area contributed by atoms with Crippen molar-refractivity contribution in [1.29, 1.82) is 0 Å². The molecule has 2 N–H and O–H groups in total. The van der Waals surface area contributed by atoms with Gasteiger partial charge in [0.2, 0.25) is 0 Å². The number of nitro benzene ring substituents is 1. The maximum absolute atomic E-state index is 11.7. The van der Waals surface area contributed by atoms with Crippen LogP contribution in [-0.2, 0) is 14.2 Å². The molecule has 0 spiro atoms. The van der Waals surface area contributed by atoms with Gasteiger partial charge in [-0.3, -0.25) is 14.9 Å². The molecule has 9 heteroatoms. The van der Waals surface area contributed by atoms with Crippen LogP contribution >= 0.6 is 0 Å². The van der Waals surface area contributed by atoms with E-state index >= 15 is 0 Å². The number of nitrogens with zero attached hydrogens (tertiary/aromatic N) is 1. The van der Waals surface area contributed by atoms with Gasteiger partial charge in [0.05, 0.1) is 11.0 Å². The van der Waals surface area contributed by atoms with Gasteiger partial charge in [-0.25, -0.2) is 0 Å². The Balaban J connectivity index is 1.73. The minimum Gasteiger partial charge on any atom is -0.377 e. The highest BCUT2D eigenvalue weighted by Crippen LogP contribution is 2.38. The molecule has 2 heterocycles. The molecule has 2 aliphatic heterocycles. The van der Waals surface area contributed by atoms with Crippen molar-refractivity contribution in [3.05, 3.63) is 33.9 Å². The highest BCUT2D eigenvalue weighted by Gasteiger charge is 2.53. The number of rotatable bonds is 5. The van der Waals surface area contributed by atoms with Gasteiger partial charge in [0, 0.05) is 25.2 Å². The highest BCUT2D eigenvalue weighted by atomic mass is 16.8. The number of hydrogen-bond donors (Lipinski definition) is 2. The zero-order valence-corrected chi connectivity index (χ0v) is 15.1. The second kappa shape index (κ2) is 6.82. The summed E-state index contributed by atoms with van der Waals surface area (Å²) in [4.78, 5) is 22.5. The first-order chi connectivity index (χ1) is 12.2. The maximum atomic E-state index is 11.7. The molecular weight excluding hydrogens is 342 g/mol. The molecule has 0 saturated carbocycles. The van der Waals surface area contributed by atoms with Crippen molar-refractivity contribution in [1.82, 2.24) is 5.32 Å². The normalized spacial score (nSPS) is 29.2. The molecule has 0 aromatic heterocycles. The summed E-state index contributed by atoms with van der Waals surface area (Å²) in [6.45, 7) is 5.95. The fourth-order valence-corrected chi connectivity index (χ4v) is 3.39. The number of carbonyl (C=O) groups is 1. The van der Waals surface area contributed by atoms with Crippen molar-refractivity contribution in [2.75, 3.05) is 18.9 Å². The molecule has 2 saturated heterocycles. The van der Waals surface area contributed by atoms with Crippen molar-refractivity contribution in [3.8, 4) is 0 Å². The van der Waals surface area contributed by atoms with Gasteiger partial charge in [-0.2, -0.15) is 0 Å². The second-order valence-corrected chi connectivity index (χ2v) is 6.89. The van der Waals surface area contributed by atoms with E-state index in [0.717, 1.165) is 0 Å². The zero-order valence-electron chi connectivity index (χ0n) is 15.1. The maximum Gasteiger partial charge on any atom is 0.293 e. The third-order valence-electron chi connectivity index (χ3n) is 4.56. The Kier molecular flexibility index (Phi) is 4.87. The van der Waals surface area contributed by atoms with Crippen molar-refractivity contribution in [3.63, 3.8) is 0 Å². The van der Waals surface area contributed by atoms with Crippen LogP contribution in [0.5, 0.6) is 0 Å². The summed E-state index contributed by atoms with van der Waals surface area (Å²) < 4.78 is 17.6. The topological polar surface area (TPSA) is 112 Å². The lowest BCUT2D eigenvalue weighted by Crippen LogP contribution is -2.34. The molecule has 26 heavy (non-hydrogen) atoms. The van der Waals surface area contributed by atoms with Crippen LogP contribution in [0, 0.1) is 10.1 Å². The average Bonchev–Trinajstić information content (AvgIpc) is 3.06. The molecule has 1 amide bonds. The van der Waals surface area contributed by atoms with Crippen LogP contribution in [0.4, 0.5) is 11.4 Å². The Hall–Kier alpha value is -2.23. The Morgan fingerprint density at radius 2 is 2.00 bits per heavy atom. The predicted molar refractivity (Wildman–Crippen MR) is 93.1 cm³/mol. The minimum atomic E-state index is -0.674. The minimum absolute atomic E-state index is 0.126. The lowest BCUT2D eigenvalue weighted by atomic mass is 10.1. The summed E-state index contributed by atoms with van der Waals surface area (Å²) in [7, 11) is 1.47. The Morgan fingerprint density at radius 3 is 2.65 bits per heavy atom. The van der Waals surface area contributed by atoms with Gasteiger partial charge in [0.15, 0.2) is 5.79 Å². The molecule has 1 unspecified atom stereocenters. The number of ether oxygens (including phenoxy) is 3. The Morgan fingerprint density at radius 1 is 1.31 bits per heavy atom. The van der Waals surface area contributed by atoms with Gasteiger partial charge >= 0.3 is 0 Å². The number of carbonyl (C=O) groups excluding carboxylic acids is 1. The van der Waals surface area contributed by atoms with Crippen molar-refractivity contribution >= 4 is 17.3 Å². The molecule has 9 nitrogen and oxygen atoms in total. The first-order valence-electron chi connectivity index (χ1n) is 8.47. The van der Waals surface area contributed by atoms with E-state index in [4.69, 9.17) is 14.2 Å². The van der Waals surface area contributed by atoms with Gasteiger partial charge in [0.1, 0.15) is 24.0 Å². The van der Waals surface area contributed by atoms with E-state index in [1.807, 2.05) is 20.8 Å². The fourth-order valence-electron chi connectivity index (χ4n) is 3.39. The molecular formula is C17H23N3O6. The number of hydrogen-bond acceptors (Lipinski definition) is 7. The SMILES string of the molecule is CNC(=O)c1ccc(NCC2O[C@@H](C)[C@@H]3OC(C)(C)O[C@H]23)c([N+](=O)[O-])c1. The lowest BCUT2D eigenvalue weighted by Gasteiger charge is -2.23. The van der Waals surface area contributed by atoms with Gasteiger partial charge in [-0.15, -0.1) is 0 Å². The summed E-state index contributed by atoms with van der Waals surface area (Å²) in [5.41, 5.74) is 0.378. The zero-order chi connectivity index (χ0) is 19.1. The summed E-state index contributed by atoms with van der Waals surface area (Å²) >= 11 is 0. The Labute approximate surface area is 151 Å². The largest absolute Gasteiger partial charge is 0.377 e. The molecule has 1 aromatic carbocycles. The highest BCUT2D eigenvalue weighted by molar-refractivity contribution is 5.95. The van der Waals surface area contributed by atoms with Crippen molar-refractivity contribution < 1.29 is 23.9 Å². The van der Waals surface area contributed by atoms with Crippen LogP contribution in [0.25, 0.3) is 0 Å². The molecule has 3 rings (SSSR count). The number of anilines is 1. The van der Waals surface area contributed by atoms with E-state index < -0.39 is 10.7 Å². The third kappa shape index (κ3) is 3.50. The van der Waals surface area contributed by atoms with Gasteiger partial charge in [-0.1, -0.05) is 0 Å². The monoisotopic (exact) mass is 365 g/mol. The van der Waals surface area contributed by atoms with Crippen LogP contribution in [0.1, 0.15) is 31.1 Å². The quantitative estimate of drug-likeness (QED) is 0.603. The molecule has 0 bridgehead atoms. The van der Waals surface area contributed by atoms with Crippen LogP contribution < -0.4 is 10.6 Å². The van der Waals surface area contributed by atoms with E-state index in [2.05, 4.69) is 10.6 Å². The van der Waals surface area contributed by atoms with Crippen molar-refractivity contribution in [2.24, 2.45) is 0 Å². The molecule has 2 fully saturated rings. The molecule has 1 aromatic rings. The second-order valence-electron chi connectivity index (χ2n) is 6.89. The standard InChI is InChI=1S/C17H23N3O6/c1-9-14-15(26-17(2,3)25-14)13(24-9)8-19-11-6-5-10(16(21)18-4)7-12(11)20(22)23/h5-7,9,13-15,19H,8H2,1-4H3,(H,18,21)/t9-,13?,14-,15+/m0/s1. The van der Waals surface area contributed by atoms with E-state index in [9.17, 15) is 14.9 Å². The van der Waals surface area contributed by atoms with E-state index in [1.165, 1.54) is 25.2 Å². The number of nitrogens with one attached hydrogen (secondary N) is 2. The van der Waals surface area contributed by atoms with Gasteiger partial charge < -0.3 is 24.8 Å². The summed E-state index contributed by atoms with van der Waals surface area (Å²) in [5, 5.41) is 16.9. The summed E-state index contributed by atoms with van der Waals surface area (Å²) in [5.74, 6) is -1.05. The van der Waals surface area contributed by atoms with Gasteiger partial charge in [-0.05, 0) is 32.9 Å². The number of nitro groups is 1. The van der Waals surface area contributed by atoms with E-state index in [1.54, 1.807) is 0 Å². The van der Waals surface area contributed by atoms with Crippen LogP contribution in [0.2, 0.25) is 0 Å². The summed E-state index contributed by atoms with van der Waals surface area (Å²) in [6, 6.07) is 4.31. The molecule has 0 aliphatic carbocycles. The lowest BCUT2D eigenvalue weighted by molar-refractivity contribution is -0.384. The predicted octanol–water partition coefficient (Wildman–Crippen LogP) is 1.67. The molecule has 142 valence electrons. The van der Waals surface area contributed by atoms with Crippen LogP contribution in [0.3, 0.4) is 0 Å². The molecule has 4 atom stereocenters. The van der Waals surface area contributed by atoms with E-state index in [0.29, 0.717) is 12.2 Å². The summed E-state index contributed by atoms with van der Waals surface area (Å²) in [6.07, 6.45) is -0.826. The van der Waals surface area contributed by atoms with Gasteiger partial charge in [0.25, 0.3) is 11.6 Å². The fraction of sp³-hybridized carbons (Fsp3) is 0.588.